The summed E-state index contributed by atoms with van der Waals surface area (Å²) in [4.78, 5) is 16.9. The molecule has 1 N–H and O–H groups in total. The minimum atomic E-state index is -0.371. The molecule has 0 bridgehead atoms. The summed E-state index contributed by atoms with van der Waals surface area (Å²) in [5.41, 5.74) is 0. The highest BCUT2D eigenvalue weighted by molar-refractivity contribution is 5.18. The van der Waals surface area contributed by atoms with Crippen LogP contribution in [-0.2, 0) is 6.54 Å². The summed E-state index contributed by atoms with van der Waals surface area (Å²) < 4.78 is 1.68. The van der Waals surface area contributed by atoms with Gasteiger partial charge in [0, 0.05) is 19.5 Å². The number of piperidine rings is 1. The van der Waals surface area contributed by atoms with Crippen molar-refractivity contribution in [1.82, 2.24) is 19.8 Å². The molecule has 0 saturated carbocycles. The molecule has 0 radical (unpaired) electrons. The molecule has 1 saturated heterocycles. The SMILES string of the molecule is Cc1ncc([N+](=O)[O-])n1CCN(C)C1CCNCC1. The number of aryl methyl sites for hydroxylation is 1. The maximum Gasteiger partial charge on any atom is 0.342 e. The molecule has 106 valence electrons. The van der Waals surface area contributed by atoms with E-state index in [2.05, 4.69) is 22.2 Å². The fraction of sp³-hybridized carbons (Fsp3) is 0.750. The molecule has 7 heteroatoms. The van der Waals surface area contributed by atoms with Crippen LogP contribution < -0.4 is 5.32 Å². The normalized spacial score (nSPS) is 17.0. The lowest BCUT2D eigenvalue weighted by Crippen LogP contribution is -2.42. The second-order valence-corrected chi connectivity index (χ2v) is 5.03. The van der Waals surface area contributed by atoms with Crippen LogP contribution in [0.15, 0.2) is 6.20 Å². The first-order valence-electron chi connectivity index (χ1n) is 6.67. The number of imidazole rings is 1. The minimum absolute atomic E-state index is 0.0798. The third kappa shape index (κ3) is 3.30. The molecule has 1 fully saturated rings. The van der Waals surface area contributed by atoms with E-state index in [1.807, 2.05) is 0 Å². The van der Waals surface area contributed by atoms with Crippen molar-refractivity contribution >= 4 is 5.82 Å². The maximum atomic E-state index is 10.9. The Morgan fingerprint density at radius 2 is 2.26 bits per heavy atom. The van der Waals surface area contributed by atoms with Crippen molar-refractivity contribution in [3.63, 3.8) is 0 Å². The van der Waals surface area contributed by atoms with E-state index in [9.17, 15) is 10.1 Å². The molecular formula is C12H21N5O2. The molecule has 1 aliphatic heterocycles. The van der Waals surface area contributed by atoms with Gasteiger partial charge in [0.05, 0.1) is 0 Å². The van der Waals surface area contributed by atoms with Crippen LogP contribution in [0.4, 0.5) is 5.82 Å². The van der Waals surface area contributed by atoms with Crippen LogP contribution in [0.2, 0.25) is 0 Å². The standard InChI is InChI=1S/C12H21N5O2/c1-10-14-9-12(17(18)19)16(10)8-7-15(2)11-3-5-13-6-4-11/h9,11,13H,3-8H2,1-2H3. The zero-order valence-corrected chi connectivity index (χ0v) is 11.5. The van der Waals surface area contributed by atoms with Gasteiger partial charge in [0.15, 0.2) is 5.82 Å². The molecule has 0 spiro atoms. The summed E-state index contributed by atoms with van der Waals surface area (Å²) in [6.45, 7) is 5.33. The van der Waals surface area contributed by atoms with Crippen LogP contribution in [0.1, 0.15) is 18.7 Å². The van der Waals surface area contributed by atoms with Gasteiger partial charge in [-0.2, -0.15) is 0 Å². The minimum Gasteiger partial charge on any atom is -0.358 e. The predicted molar refractivity (Wildman–Crippen MR) is 72.1 cm³/mol. The Balaban J connectivity index is 1.94. The van der Waals surface area contributed by atoms with E-state index in [0.29, 0.717) is 18.4 Å². The smallest absolute Gasteiger partial charge is 0.342 e. The number of aromatic nitrogens is 2. The van der Waals surface area contributed by atoms with Gasteiger partial charge in [-0.3, -0.25) is 4.90 Å². The van der Waals surface area contributed by atoms with Crippen LogP contribution in [0.25, 0.3) is 0 Å². The number of hydrogen-bond acceptors (Lipinski definition) is 5. The van der Waals surface area contributed by atoms with Crippen molar-refractivity contribution in [2.75, 3.05) is 26.7 Å². The van der Waals surface area contributed by atoms with E-state index in [0.717, 1.165) is 32.5 Å². The maximum absolute atomic E-state index is 10.9. The van der Waals surface area contributed by atoms with Gasteiger partial charge in [0.1, 0.15) is 12.7 Å². The largest absolute Gasteiger partial charge is 0.358 e. The fourth-order valence-corrected chi connectivity index (χ4v) is 2.57. The topological polar surface area (TPSA) is 76.2 Å². The van der Waals surface area contributed by atoms with Crippen molar-refractivity contribution in [1.29, 1.82) is 0 Å². The first-order chi connectivity index (χ1) is 9.09. The Kier molecular flexibility index (Phi) is 4.49. The Hall–Kier alpha value is -1.47. The second-order valence-electron chi connectivity index (χ2n) is 5.03. The molecule has 0 unspecified atom stereocenters. The van der Waals surface area contributed by atoms with Gasteiger partial charge in [-0.25, -0.2) is 9.55 Å². The van der Waals surface area contributed by atoms with Crippen molar-refractivity contribution in [2.45, 2.75) is 32.4 Å². The van der Waals surface area contributed by atoms with Gasteiger partial charge in [-0.05, 0) is 37.9 Å². The average Bonchev–Trinajstić information content (AvgIpc) is 2.78. The van der Waals surface area contributed by atoms with E-state index in [1.165, 1.54) is 6.20 Å². The van der Waals surface area contributed by atoms with Gasteiger partial charge in [-0.1, -0.05) is 0 Å². The first-order valence-corrected chi connectivity index (χ1v) is 6.67. The van der Waals surface area contributed by atoms with Crippen molar-refractivity contribution < 1.29 is 4.92 Å². The van der Waals surface area contributed by atoms with Gasteiger partial charge in [0.25, 0.3) is 0 Å². The van der Waals surface area contributed by atoms with Crippen molar-refractivity contribution in [3.05, 3.63) is 22.1 Å². The highest BCUT2D eigenvalue weighted by Crippen LogP contribution is 2.15. The second kappa shape index (κ2) is 6.12. The lowest BCUT2D eigenvalue weighted by Gasteiger charge is -2.31. The van der Waals surface area contributed by atoms with Gasteiger partial charge in [0.2, 0.25) is 0 Å². The van der Waals surface area contributed by atoms with E-state index in [-0.39, 0.29) is 10.7 Å². The Bertz CT molecular complexity index is 439. The van der Waals surface area contributed by atoms with Crippen molar-refractivity contribution in [2.24, 2.45) is 0 Å². The Morgan fingerprint density at radius 1 is 1.58 bits per heavy atom. The molecule has 1 aromatic heterocycles. The number of nitrogens with one attached hydrogen (secondary N) is 1. The van der Waals surface area contributed by atoms with Gasteiger partial charge >= 0.3 is 5.82 Å². The van der Waals surface area contributed by atoms with Gasteiger partial charge < -0.3 is 15.4 Å². The summed E-state index contributed by atoms with van der Waals surface area (Å²) in [6, 6.07) is 0.573. The quantitative estimate of drug-likeness (QED) is 0.630. The molecule has 1 aliphatic rings. The molecule has 2 heterocycles. The monoisotopic (exact) mass is 267 g/mol. The molecule has 19 heavy (non-hydrogen) atoms. The molecule has 0 aliphatic carbocycles. The fourth-order valence-electron chi connectivity index (χ4n) is 2.57. The predicted octanol–water partition coefficient (Wildman–Crippen LogP) is 0.784. The third-order valence-electron chi connectivity index (χ3n) is 3.83. The highest BCUT2D eigenvalue weighted by Gasteiger charge is 2.21. The number of rotatable bonds is 5. The number of nitro groups is 1. The van der Waals surface area contributed by atoms with E-state index in [1.54, 1.807) is 11.5 Å². The Labute approximate surface area is 112 Å². The lowest BCUT2D eigenvalue weighted by atomic mass is 10.1. The highest BCUT2D eigenvalue weighted by atomic mass is 16.6. The van der Waals surface area contributed by atoms with Crippen molar-refractivity contribution in [3.8, 4) is 0 Å². The average molecular weight is 267 g/mol. The van der Waals surface area contributed by atoms with E-state index >= 15 is 0 Å². The summed E-state index contributed by atoms with van der Waals surface area (Å²) in [5, 5.41) is 14.2. The lowest BCUT2D eigenvalue weighted by molar-refractivity contribution is -0.392. The first kappa shape index (κ1) is 14.0. The van der Waals surface area contributed by atoms with Crippen LogP contribution in [0, 0.1) is 17.0 Å². The Morgan fingerprint density at radius 3 is 2.89 bits per heavy atom. The zero-order chi connectivity index (χ0) is 13.8. The number of likely N-dealkylation sites (N-methyl/N-ethyl adjacent to an activating group) is 1. The number of hydrogen-bond donors (Lipinski definition) is 1. The van der Waals surface area contributed by atoms with E-state index < -0.39 is 0 Å². The van der Waals surface area contributed by atoms with Crippen LogP contribution in [-0.4, -0.2) is 52.1 Å². The summed E-state index contributed by atoms with van der Waals surface area (Å²) in [5.74, 6) is 0.779. The third-order valence-corrected chi connectivity index (χ3v) is 3.83. The van der Waals surface area contributed by atoms with Crippen LogP contribution in [0.3, 0.4) is 0 Å². The molecule has 0 amide bonds. The molecule has 0 atom stereocenters. The van der Waals surface area contributed by atoms with Crippen LogP contribution in [0.5, 0.6) is 0 Å². The van der Waals surface area contributed by atoms with E-state index in [4.69, 9.17) is 0 Å². The summed E-state index contributed by atoms with van der Waals surface area (Å²) in [6.07, 6.45) is 3.61. The summed E-state index contributed by atoms with van der Waals surface area (Å²) >= 11 is 0. The van der Waals surface area contributed by atoms with Crippen LogP contribution >= 0.6 is 0 Å². The summed E-state index contributed by atoms with van der Waals surface area (Å²) in [7, 11) is 2.09. The zero-order valence-electron chi connectivity index (χ0n) is 11.5. The number of nitrogens with zero attached hydrogens (tertiary/aromatic N) is 4. The molecular weight excluding hydrogens is 246 g/mol. The molecule has 7 nitrogen and oxygen atoms in total. The molecule has 0 aromatic carbocycles. The van der Waals surface area contributed by atoms with Gasteiger partial charge in [-0.15, -0.1) is 0 Å². The molecule has 2 rings (SSSR count). The molecule has 1 aromatic rings.